The highest BCUT2D eigenvalue weighted by atomic mass is 32.2. The zero-order valence-corrected chi connectivity index (χ0v) is 9.14. The van der Waals surface area contributed by atoms with Crippen LogP contribution in [0.25, 0.3) is 0 Å². The molecule has 0 unspecified atom stereocenters. The largest absolute Gasteiger partial charge is 0.239 e. The average Bonchev–Trinajstić information content (AvgIpc) is 2.14. The zero-order valence-electron chi connectivity index (χ0n) is 7.51. The van der Waals surface area contributed by atoms with Crippen molar-refractivity contribution in [3.8, 4) is 0 Å². The van der Waals surface area contributed by atoms with Crippen molar-refractivity contribution in [2.45, 2.75) is 9.79 Å². The van der Waals surface area contributed by atoms with Gasteiger partial charge in [-0.05, 0) is 12.1 Å². The van der Waals surface area contributed by atoms with Crippen LogP contribution in [0.2, 0.25) is 0 Å². The molecule has 0 saturated carbocycles. The van der Waals surface area contributed by atoms with Gasteiger partial charge in [0, 0.05) is 10.6 Å². The number of sulfonamides is 1. The molecule has 0 aliphatic heterocycles. The highest BCUT2D eigenvalue weighted by Gasteiger charge is 2.12. The monoisotopic (exact) mass is 229 g/mol. The lowest BCUT2D eigenvalue weighted by atomic mass is 10.4. The molecule has 14 heavy (non-hydrogen) atoms. The summed E-state index contributed by atoms with van der Waals surface area (Å²) in [6.45, 7) is 3.57. The summed E-state index contributed by atoms with van der Waals surface area (Å²) in [4.78, 5) is 0.835. The van der Waals surface area contributed by atoms with E-state index in [-0.39, 0.29) is 4.90 Å². The number of hydrogen-bond acceptors (Lipinski definition) is 3. The summed E-state index contributed by atoms with van der Waals surface area (Å²) >= 11 is 1.40. The van der Waals surface area contributed by atoms with E-state index in [9.17, 15) is 8.42 Å². The molecule has 0 saturated heterocycles. The highest BCUT2D eigenvalue weighted by molar-refractivity contribution is 8.00. The quantitative estimate of drug-likeness (QED) is 0.630. The van der Waals surface area contributed by atoms with Gasteiger partial charge >= 0.3 is 0 Å². The van der Waals surface area contributed by atoms with Crippen molar-refractivity contribution >= 4 is 21.8 Å². The van der Waals surface area contributed by atoms with E-state index in [0.717, 1.165) is 0 Å². The van der Waals surface area contributed by atoms with Gasteiger partial charge in [-0.25, -0.2) is 13.6 Å². The topological polar surface area (TPSA) is 60.2 Å². The first-order valence-electron chi connectivity index (χ1n) is 3.91. The molecule has 0 bridgehead atoms. The molecular weight excluding hydrogens is 218 g/mol. The number of thioether (sulfide) groups is 1. The van der Waals surface area contributed by atoms with Gasteiger partial charge in [0.05, 0.1) is 4.90 Å². The van der Waals surface area contributed by atoms with Crippen LogP contribution < -0.4 is 5.14 Å². The Morgan fingerprint density at radius 2 is 2.07 bits per heavy atom. The molecule has 76 valence electrons. The Morgan fingerprint density at radius 3 is 2.64 bits per heavy atom. The highest BCUT2D eigenvalue weighted by Crippen LogP contribution is 2.25. The minimum Gasteiger partial charge on any atom is -0.225 e. The van der Waals surface area contributed by atoms with Crippen LogP contribution in [0.1, 0.15) is 0 Å². The fraction of sp³-hybridized carbons (Fsp3) is 0.111. The van der Waals surface area contributed by atoms with Gasteiger partial charge in [-0.1, -0.05) is 18.2 Å². The average molecular weight is 229 g/mol. The van der Waals surface area contributed by atoms with Gasteiger partial charge in [-0.15, -0.1) is 18.3 Å². The van der Waals surface area contributed by atoms with Crippen molar-refractivity contribution in [3.63, 3.8) is 0 Å². The van der Waals surface area contributed by atoms with Crippen molar-refractivity contribution in [1.82, 2.24) is 0 Å². The SMILES string of the molecule is C=CCSc1ccccc1S(N)(=O)=O. The summed E-state index contributed by atoms with van der Waals surface area (Å²) in [5, 5.41) is 5.06. The first kappa shape index (κ1) is 11.3. The minimum absolute atomic E-state index is 0.173. The third-order valence-electron chi connectivity index (χ3n) is 1.51. The van der Waals surface area contributed by atoms with Crippen LogP contribution in [0.15, 0.2) is 46.7 Å². The molecule has 1 aromatic carbocycles. The lowest BCUT2D eigenvalue weighted by Gasteiger charge is -2.04. The maximum atomic E-state index is 11.2. The van der Waals surface area contributed by atoms with Crippen molar-refractivity contribution in [3.05, 3.63) is 36.9 Å². The number of hydrogen-bond donors (Lipinski definition) is 1. The van der Waals surface area contributed by atoms with E-state index in [4.69, 9.17) is 5.14 Å². The van der Waals surface area contributed by atoms with Gasteiger partial charge in [0.25, 0.3) is 0 Å². The van der Waals surface area contributed by atoms with Crippen LogP contribution >= 0.6 is 11.8 Å². The Morgan fingerprint density at radius 1 is 1.43 bits per heavy atom. The van der Waals surface area contributed by atoms with Gasteiger partial charge in [-0.3, -0.25) is 0 Å². The molecule has 5 heteroatoms. The summed E-state index contributed by atoms with van der Waals surface area (Å²) in [5.41, 5.74) is 0. The lowest BCUT2D eigenvalue weighted by molar-refractivity contribution is 0.596. The molecule has 0 aliphatic rings. The van der Waals surface area contributed by atoms with E-state index in [0.29, 0.717) is 10.6 Å². The molecule has 0 aliphatic carbocycles. The fourth-order valence-electron chi connectivity index (χ4n) is 0.953. The summed E-state index contributed by atoms with van der Waals surface area (Å²) in [6.07, 6.45) is 1.71. The smallest absolute Gasteiger partial charge is 0.225 e. The van der Waals surface area contributed by atoms with Crippen LogP contribution in [-0.4, -0.2) is 14.2 Å². The second kappa shape index (κ2) is 4.63. The van der Waals surface area contributed by atoms with E-state index in [2.05, 4.69) is 6.58 Å². The lowest BCUT2D eigenvalue weighted by Crippen LogP contribution is -2.13. The molecule has 0 atom stereocenters. The molecule has 0 spiro atoms. The van der Waals surface area contributed by atoms with Crippen LogP contribution in [0, 0.1) is 0 Å². The van der Waals surface area contributed by atoms with Gasteiger partial charge in [0.15, 0.2) is 0 Å². The summed E-state index contributed by atoms with van der Waals surface area (Å²) in [5.74, 6) is 0.659. The van der Waals surface area contributed by atoms with Crippen LogP contribution in [0.5, 0.6) is 0 Å². The molecule has 0 heterocycles. The Labute approximate surface area is 88.1 Å². The maximum Gasteiger partial charge on any atom is 0.239 e. The Bertz CT molecular complexity index is 426. The maximum absolute atomic E-state index is 11.2. The van der Waals surface area contributed by atoms with Crippen LogP contribution in [-0.2, 0) is 10.0 Å². The Balaban J connectivity index is 3.10. The predicted molar refractivity (Wildman–Crippen MR) is 58.7 cm³/mol. The summed E-state index contributed by atoms with van der Waals surface area (Å²) in [7, 11) is -3.62. The second-order valence-corrected chi connectivity index (χ2v) is 5.18. The normalized spacial score (nSPS) is 11.2. The number of rotatable bonds is 4. The van der Waals surface area contributed by atoms with E-state index >= 15 is 0 Å². The molecule has 0 aromatic heterocycles. The fourth-order valence-corrected chi connectivity index (χ4v) is 2.78. The van der Waals surface area contributed by atoms with Gasteiger partial charge < -0.3 is 0 Å². The van der Waals surface area contributed by atoms with Gasteiger partial charge in [0.2, 0.25) is 10.0 Å². The summed E-state index contributed by atoms with van der Waals surface area (Å²) in [6, 6.07) is 6.66. The van der Waals surface area contributed by atoms with Crippen LogP contribution in [0.4, 0.5) is 0 Å². The number of primary sulfonamides is 1. The summed E-state index contributed by atoms with van der Waals surface area (Å²) < 4.78 is 22.3. The van der Waals surface area contributed by atoms with E-state index in [1.807, 2.05) is 0 Å². The third-order valence-corrected chi connectivity index (χ3v) is 3.68. The number of benzene rings is 1. The minimum atomic E-state index is -3.62. The molecule has 1 aromatic rings. The molecule has 0 radical (unpaired) electrons. The predicted octanol–water partition coefficient (Wildman–Crippen LogP) is 1.61. The number of nitrogens with two attached hydrogens (primary N) is 1. The third kappa shape index (κ3) is 2.87. The molecule has 3 nitrogen and oxygen atoms in total. The van der Waals surface area contributed by atoms with Gasteiger partial charge in [0.1, 0.15) is 0 Å². The van der Waals surface area contributed by atoms with Gasteiger partial charge in [-0.2, -0.15) is 0 Å². The van der Waals surface area contributed by atoms with E-state index < -0.39 is 10.0 Å². The Hall–Kier alpha value is -0.780. The van der Waals surface area contributed by atoms with E-state index in [1.54, 1.807) is 24.3 Å². The molecule has 0 fully saturated rings. The van der Waals surface area contributed by atoms with Crippen molar-refractivity contribution in [2.75, 3.05) is 5.75 Å². The molecule has 0 amide bonds. The van der Waals surface area contributed by atoms with Crippen LogP contribution in [0.3, 0.4) is 0 Å². The van der Waals surface area contributed by atoms with Crippen molar-refractivity contribution in [2.24, 2.45) is 5.14 Å². The first-order chi connectivity index (χ1) is 6.55. The first-order valence-corrected chi connectivity index (χ1v) is 6.44. The Kier molecular flexibility index (Phi) is 3.74. The van der Waals surface area contributed by atoms with Crippen molar-refractivity contribution < 1.29 is 8.42 Å². The molecule has 2 N–H and O–H groups in total. The van der Waals surface area contributed by atoms with E-state index in [1.165, 1.54) is 17.8 Å². The molecular formula is C9H11NO2S2. The molecule has 1 rings (SSSR count). The van der Waals surface area contributed by atoms with Crippen molar-refractivity contribution in [1.29, 1.82) is 0 Å². The second-order valence-electron chi connectivity index (χ2n) is 2.59. The zero-order chi connectivity index (χ0) is 10.6. The standard InChI is InChI=1S/C9H11NO2S2/c1-2-7-13-8-5-3-4-6-9(8)14(10,11)12/h2-6H,1,7H2,(H2,10,11,12).